The molecular formula is C17H20N2O2S. The summed E-state index contributed by atoms with van der Waals surface area (Å²) in [6, 6.07) is 6.32. The number of carboxylic acids is 1. The van der Waals surface area contributed by atoms with E-state index < -0.39 is 5.97 Å². The van der Waals surface area contributed by atoms with Crippen LogP contribution in [0.15, 0.2) is 35.2 Å². The van der Waals surface area contributed by atoms with Gasteiger partial charge in [-0.1, -0.05) is 6.07 Å². The van der Waals surface area contributed by atoms with Crippen LogP contribution in [-0.2, 0) is 4.79 Å². The lowest BCUT2D eigenvalue weighted by atomic mass is 9.93. The number of carboxylic acid groups (broad SMARTS) is 1. The van der Waals surface area contributed by atoms with Crippen molar-refractivity contribution < 1.29 is 9.90 Å². The van der Waals surface area contributed by atoms with Crippen LogP contribution in [0.4, 0.5) is 0 Å². The first-order valence-electron chi connectivity index (χ1n) is 7.57. The van der Waals surface area contributed by atoms with E-state index in [2.05, 4.69) is 39.7 Å². The lowest BCUT2D eigenvalue weighted by Crippen LogP contribution is -2.39. The molecule has 1 aliphatic rings. The zero-order valence-electron chi connectivity index (χ0n) is 12.6. The standard InChI is InChI=1S/C17H20N2O2S/c1-12-3-2-7-18-15(12)16(14-6-10-22-11-14)19-8-4-13(5-9-19)17(20)21/h2-3,6-7,10-11,13,16H,4-5,8-9H2,1H3,(H,20,21). The molecule has 3 rings (SSSR count). The Morgan fingerprint density at radius 2 is 2.18 bits per heavy atom. The van der Waals surface area contributed by atoms with E-state index in [1.54, 1.807) is 11.3 Å². The molecule has 4 nitrogen and oxygen atoms in total. The van der Waals surface area contributed by atoms with Gasteiger partial charge in [-0.25, -0.2) is 0 Å². The smallest absolute Gasteiger partial charge is 0.306 e. The average molecular weight is 316 g/mol. The molecule has 0 radical (unpaired) electrons. The first-order valence-corrected chi connectivity index (χ1v) is 8.51. The number of hydrogen-bond donors (Lipinski definition) is 1. The van der Waals surface area contributed by atoms with E-state index in [1.807, 2.05) is 12.3 Å². The Labute approximate surface area is 134 Å². The van der Waals surface area contributed by atoms with E-state index >= 15 is 0 Å². The minimum atomic E-state index is -0.666. The third kappa shape index (κ3) is 3.05. The Kier molecular flexibility index (Phi) is 4.55. The van der Waals surface area contributed by atoms with E-state index in [4.69, 9.17) is 0 Å². The molecule has 1 aliphatic heterocycles. The van der Waals surface area contributed by atoms with Crippen molar-refractivity contribution in [2.24, 2.45) is 5.92 Å². The molecule has 22 heavy (non-hydrogen) atoms. The SMILES string of the molecule is Cc1cccnc1C(c1ccsc1)N1CCC(C(=O)O)CC1. The Morgan fingerprint density at radius 1 is 1.41 bits per heavy atom. The molecule has 0 bridgehead atoms. The molecule has 3 heterocycles. The van der Waals surface area contributed by atoms with Crippen molar-refractivity contribution in [1.29, 1.82) is 0 Å². The second kappa shape index (κ2) is 6.58. The zero-order chi connectivity index (χ0) is 15.5. The molecule has 2 aromatic heterocycles. The second-order valence-electron chi connectivity index (χ2n) is 5.81. The van der Waals surface area contributed by atoms with Gasteiger partial charge in [0, 0.05) is 6.20 Å². The molecule has 0 amide bonds. The van der Waals surface area contributed by atoms with Crippen LogP contribution in [0, 0.1) is 12.8 Å². The maximum absolute atomic E-state index is 11.2. The lowest BCUT2D eigenvalue weighted by Gasteiger charge is -2.36. The Bertz CT molecular complexity index is 634. The molecule has 1 fully saturated rings. The predicted molar refractivity (Wildman–Crippen MR) is 87.1 cm³/mol. The molecule has 1 saturated heterocycles. The van der Waals surface area contributed by atoms with Gasteiger partial charge in [-0.3, -0.25) is 14.7 Å². The summed E-state index contributed by atoms with van der Waals surface area (Å²) in [4.78, 5) is 18.1. The summed E-state index contributed by atoms with van der Waals surface area (Å²) in [5, 5.41) is 13.4. The van der Waals surface area contributed by atoms with Gasteiger partial charge in [-0.05, 0) is 66.9 Å². The second-order valence-corrected chi connectivity index (χ2v) is 6.59. The van der Waals surface area contributed by atoms with Crippen molar-refractivity contribution in [3.63, 3.8) is 0 Å². The molecule has 1 N–H and O–H groups in total. The summed E-state index contributed by atoms with van der Waals surface area (Å²) >= 11 is 1.69. The van der Waals surface area contributed by atoms with Gasteiger partial charge >= 0.3 is 5.97 Å². The fourth-order valence-corrected chi connectivity index (χ4v) is 3.84. The minimum absolute atomic E-state index is 0.127. The van der Waals surface area contributed by atoms with Gasteiger partial charge in [0.1, 0.15) is 0 Å². The van der Waals surface area contributed by atoms with Crippen molar-refractivity contribution >= 4 is 17.3 Å². The molecule has 0 aliphatic carbocycles. The maximum Gasteiger partial charge on any atom is 0.306 e. The monoisotopic (exact) mass is 316 g/mol. The molecule has 116 valence electrons. The fraction of sp³-hybridized carbons (Fsp3) is 0.412. The van der Waals surface area contributed by atoms with Crippen molar-refractivity contribution in [2.45, 2.75) is 25.8 Å². The Morgan fingerprint density at radius 3 is 2.77 bits per heavy atom. The van der Waals surface area contributed by atoms with E-state index in [1.165, 1.54) is 11.1 Å². The van der Waals surface area contributed by atoms with Gasteiger partial charge < -0.3 is 5.11 Å². The Hall–Kier alpha value is -1.72. The highest BCUT2D eigenvalue weighted by Crippen LogP contribution is 2.33. The highest BCUT2D eigenvalue weighted by molar-refractivity contribution is 7.08. The van der Waals surface area contributed by atoms with Crippen molar-refractivity contribution in [3.8, 4) is 0 Å². The van der Waals surface area contributed by atoms with Crippen molar-refractivity contribution in [1.82, 2.24) is 9.88 Å². The summed E-state index contributed by atoms with van der Waals surface area (Å²) in [5.74, 6) is -0.870. The number of piperidine rings is 1. The van der Waals surface area contributed by atoms with Crippen LogP contribution in [0.25, 0.3) is 0 Å². The number of hydrogen-bond acceptors (Lipinski definition) is 4. The highest BCUT2D eigenvalue weighted by atomic mass is 32.1. The van der Waals surface area contributed by atoms with Crippen LogP contribution < -0.4 is 0 Å². The number of pyridine rings is 1. The number of aryl methyl sites for hydroxylation is 1. The minimum Gasteiger partial charge on any atom is -0.481 e. The van der Waals surface area contributed by atoms with E-state index in [9.17, 15) is 9.90 Å². The molecule has 1 atom stereocenters. The number of rotatable bonds is 4. The van der Waals surface area contributed by atoms with Crippen LogP contribution in [-0.4, -0.2) is 34.0 Å². The fourth-order valence-electron chi connectivity index (χ4n) is 3.16. The Balaban J connectivity index is 1.88. The molecular weight excluding hydrogens is 296 g/mol. The van der Waals surface area contributed by atoms with E-state index in [-0.39, 0.29) is 12.0 Å². The normalized spacial score (nSPS) is 18.2. The predicted octanol–water partition coefficient (Wildman–Crippen LogP) is 3.34. The third-order valence-electron chi connectivity index (χ3n) is 4.41. The quantitative estimate of drug-likeness (QED) is 0.940. The lowest BCUT2D eigenvalue weighted by molar-refractivity contribution is -0.143. The highest BCUT2D eigenvalue weighted by Gasteiger charge is 2.31. The number of thiophene rings is 1. The summed E-state index contributed by atoms with van der Waals surface area (Å²) in [5.41, 5.74) is 3.51. The van der Waals surface area contributed by atoms with Gasteiger partial charge in [0.2, 0.25) is 0 Å². The number of aliphatic carboxylic acids is 1. The number of aromatic nitrogens is 1. The molecule has 5 heteroatoms. The van der Waals surface area contributed by atoms with Crippen LogP contribution in [0.5, 0.6) is 0 Å². The first-order chi connectivity index (χ1) is 10.7. The number of carbonyl (C=O) groups is 1. The number of nitrogens with zero attached hydrogens (tertiary/aromatic N) is 2. The molecule has 1 unspecified atom stereocenters. The molecule has 0 aromatic carbocycles. The van der Waals surface area contributed by atoms with Gasteiger partial charge in [-0.15, -0.1) is 0 Å². The van der Waals surface area contributed by atoms with Crippen LogP contribution >= 0.6 is 11.3 Å². The van der Waals surface area contributed by atoms with Gasteiger partial charge in [0.05, 0.1) is 17.7 Å². The summed E-state index contributed by atoms with van der Waals surface area (Å²) in [6.07, 6.45) is 3.26. The maximum atomic E-state index is 11.2. The summed E-state index contributed by atoms with van der Waals surface area (Å²) in [6.45, 7) is 3.69. The summed E-state index contributed by atoms with van der Waals surface area (Å²) in [7, 11) is 0. The van der Waals surface area contributed by atoms with Gasteiger partial charge in [0.15, 0.2) is 0 Å². The largest absolute Gasteiger partial charge is 0.481 e. The average Bonchev–Trinajstić information content (AvgIpc) is 3.04. The molecule has 2 aromatic rings. The third-order valence-corrected chi connectivity index (χ3v) is 5.11. The van der Waals surface area contributed by atoms with Crippen molar-refractivity contribution in [2.75, 3.05) is 13.1 Å². The van der Waals surface area contributed by atoms with E-state index in [0.717, 1.165) is 18.8 Å². The topological polar surface area (TPSA) is 53.4 Å². The van der Waals surface area contributed by atoms with Gasteiger partial charge in [-0.2, -0.15) is 11.3 Å². The van der Waals surface area contributed by atoms with E-state index in [0.29, 0.717) is 12.8 Å². The van der Waals surface area contributed by atoms with Crippen molar-refractivity contribution in [3.05, 3.63) is 52.0 Å². The molecule has 0 saturated carbocycles. The first kappa shape index (κ1) is 15.2. The zero-order valence-corrected chi connectivity index (χ0v) is 13.4. The summed E-state index contributed by atoms with van der Waals surface area (Å²) < 4.78 is 0. The molecule has 0 spiro atoms. The van der Waals surface area contributed by atoms with Crippen LogP contribution in [0.3, 0.4) is 0 Å². The van der Waals surface area contributed by atoms with Gasteiger partial charge in [0.25, 0.3) is 0 Å². The van der Waals surface area contributed by atoms with Crippen LogP contribution in [0.2, 0.25) is 0 Å². The van der Waals surface area contributed by atoms with Crippen LogP contribution in [0.1, 0.15) is 35.7 Å². The number of likely N-dealkylation sites (tertiary alicyclic amines) is 1.